The summed E-state index contributed by atoms with van der Waals surface area (Å²) in [6.45, 7) is 6.65. The van der Waals surface area contributed by atoms with Gasteiger partial charge in [-0.3, -0.25) is 9.59 Å². The number of carbonyl (C=O) groups is 1. The SMILES string of the molecule is Cc1cccc2cc(-c3noc(CCC(=O)NCC(C)C)n3)c(=O)[nH]c12. The van der Waals surface area contributed by atoms with Crippen LogP contribution in [0.15, 0.2) is 33.6 Å². The summed E-state index contributed by atoms with van der Waals surface area (Å²) in [7, 11) is 0. The Morgan fingerprint density at radius 2 is 2.15 bits per heavy atom. The number of amides is 1. The van der Waals surface area contributed by atoms with Crippen molar-refractivity contribution >= 4 is 16.8 Å². The summed E-state index contributed by atoms with van der Waals surface area (Å²) in [6.07, 6.45) is 0.600. The fraction of sp³-hybridized carbons (Fsp3) is 0.368. The van der Waals surface area contributed by atoms with Crippen LogP contribution in [0.3, 0.4) is 0 Å². The van der Waals surface area contributed by atoms with Crippen LogP contribution in [0.1, 0.15) is 31.7 Å². The van der Waals surface area contributed by atoms with Crippen LogP contribution in [0.5, 0.6) is 0 Å². The van der Waals surface area contributed by atoms with Crippen molar-refractivity contribution in [2.24, 2.45) is 5.92 Å². The molecule has 2 heterocycles. The van der Waals surface area contributed by atoms with Crippen LogP contribution < -0.4 is 10.9 Å². The Labute approximate surface area is 150 Å². The highest BCUT2D eigenvalue weighted by atomic mass is 16.5. The van der Waals surface area contributed by atoms with Crippen molar-refractivity contribution in [3.8, 4) is 11.4 Å². The molecule has 0 unspecified atom stereocenters. The molecule has 0 aliphatic rings. The van der Waals surface area contributed by atoms with Crippen molar-refractivity contribution in [3.63, 3.8) is 0 Å². The molecule has 0 fully saturated rings. The molecule has 0 saturated carbocycles. The zero-order valence-electron chi connectivity index (χ0n) is 15.1. The van der Waals surface area contributed by atoms with Crippen molar-refractivity contribution in [2.45, 2.75) is 33.6 Å². The Morgan fingerprint density at radius 1 is 1.35 bits per heavy atom. The third-order valence-corrected chi connectivity index (χ3v) is 4.07. The Morgan fingerprint density at radius 3 is 2.92 bits per heavy atom. The number of fused-ring (bicyclic) bond motifs is 1. The first-order chi connectivity index (χ1) is 12.4. The Kier molecular flexibility index (Phi) is 5.16. The van der Waals surface area contributed by atoms with Crippen molar-refractivity contribution in [2.75, 3.05) is 6.54 Å². The first-order valence-corrected chi connectivity index (χ1v) is 8.66. The van der Waals surface area contributed by atoms with Crippen molar-refractivity contribution in [1.82, 2.24) is 20.4 Å². The summed E-state index contributed by atoms with van der Waals surface area (Å²) in [5, 5.41) is 7.63. The summed E-state index contributed by atoms with van der Waals surface area (Å²) >= 11 is 0. The van der Waals surface area contributed by atoms with E-state index in [0.29, 0.717) is 30.3 Å². The van der Waals surface area contributed by atoms with Gasteiger partial charge in [0.2, 0.25) is 17.6 Å². The normalized spacial score (nSPS) is 11.2. The lowest BCUT2D eigenvalue weighted by atomic mass is 10.1. The number of hydrogen-bond donors (Lipinski definition) is 2. The molecule has 0 aliphatic heterocycles. The highest BCUT2D eigenvalue weighted by molar-refractivity contribution is 5.84. The molecule has 0 saturated heterocycles. The number of aromatic nitrogens is 3. The van der Waals surface area contributed by atoms with Gasteiger partial charge >= 0.3 is 0 Å². The van der Waals surface area contributed by atoms with Gasteiger partial charge in [0.05, 0.1) is 11.1 Å². The second kappa shape index (κ2) is 7.51. The Bertz CT molecular complexity index is 988. The summed E-state index contributed by atoms with van der Waals surface area (Å²) in [5.41, 5.74) is 1.87. The summed E-state index contributed by atoms with van der Waals surface area (Å²) in [4.78, 5) is 31.3. The average molecular weight is 354 g/mol. The molecule has 26 heavy (non-hydrogen) atoms. The highest BCUT2D eigenvalue weighted by Gasteiger charge is 2.14. The maximum absolute atomic E-state index is 12.4. The average Bonchev–Trinajstić information content (AvgIpc) is 3.07. The van der Waals surface area contributed by atoms with Crippen molar-refractivity contribution in [1.29, 1.82) is 0 Å². The molecule has 0 bridgehead atoms. The van der Waals surface area contributed by atoms with E-state index in [-0.39, 0.29) is 23.7 Å². The molecule has 2 aromatic heterocycles. The zero-order chi connectivity index (χ0) is 18.7. The number of carbonyl (C=O) groups excluding carboxylic acids is 1. The largest absolute Gasteiger partial charge is 0.356 e. The maximum Gasteiger partial charge on any atom is 0.259 e. The quantitative estimate of drug-likeness (QED) is 0.708. The molecular weight excluding hydrogens is 332 g/mol. The van der Waals surface area contributed by atoms with Crippen LogP contribution in [0.2, 0.25) is 0 Å². The van der Waals surface area contributed by atoms with Gasteiger partial charge in [0.25, 0.3) is 5.56 Å². The molecule has 136 valence electrons. The third kappa shape index (κ3) is 3.99. The van der Waals surface area contributed by atoms with E-state index in [2.05, 4.69) is 20.4 Å². The van der Waals surface area contributed by atoms with Crippen LogP contribution in [0.25, 0.3) is 22.3 Å². The first-order valence-electron chi connectivity index (χ1n) is 8.66. The number of rotatable bonds is 6. The van der Waals surface area contributed by atoms with Gasteiger partial charge in [-0.2, -0.15) is 4.98 Å². The number of nitrogens with zero attached hydrogens (tertiary/aromatic N) is 2. The zero-order valence-corrected chi connectivity index (χ0v) is 15.1. The minimum atomic E-state index is -0.270. The molecule has 3 aromatic rings. The second-order valence-corrected chi connectivity index (χ2v) is 6.76. The van der Waals surface area contributed by atoms with E-state index < -0.39 is 0 Å². The first kappa shape index (κ1) is 17.8. The van der Waals surface area contributed by atoms with Crippen LogP contribution >= 0.6 is 0 Å². The lowest BCUT2D eigenvalue weighted by molar-refractivity contribution is -0.121. The molecule has 7 heteroatoms. The Balaban J connectivity index is 1.76. The third-order valence-electron chi connectivity index (χ3n) is 4.07. The minimum absolute atomic E-state index is 0.0579. The number of aromatic amines is 1. The van der Waals surface area contributed by atoms with Gasteiger partial charge in [0.15, 0.2) is 0 Å². The van der Waals surface area contributed by atoms with E-state index in [0.717, 1.165) is 16.5 Å². The molecule has 7 nitrogen and oxygen atoms in total. The number of benzene rings is 1. The molecule has 2 N–H and O–H groups in total. The van der Waals surface area contributed by atoms with Crippen molar-refractivity contribution in [3.05, 3.63) is 46.1 Å². The van der Waals surface area contributed by atoms with Gasteiger partial charge in [0.1, 0.15) is 0 Å². The van der Waals surface area contributed by atoms with E-state index in [4.69, 9.17) is 4.52 Å². The second-order valence-electron chi connectivity index (χ2n) is 6.76. The van der Waals surface area contributed by atoms with Gasteiger partial charge in [-0.25, -0.2) is 0 Å². The van der Waals surface area contributed by atoms with E-state index >= 15 is 0 Å². The summed E-state index contributed by atoms with van der Waals surface area (Å²) < 4.78 is 5.19. The van der Waals surface area contributed by atoms with E-state index in [1.54, 1.807) is 6.07 Å². The highest BCUT2D eigenvalue weighted by Crippen LogP contribution is 2.19. The lowest BCUT2D eigenvalue weighted by Crippen LogP contribution is -2.27. The number of nitrogens with one attached hydrogen (secondary N) is 2. The fourth-order valence-corrected chi connectivity index (χ4v) is 2.64. The predicted octanol–water partition coefficient (Wildman–Crippen LogP) is 2.59. The molecule has 0 atom stereocenters. The predicted molar refractivity (Wildman–Crippen MR) is 98.8 cm³/mol. The summed E-state index contributed by atoms with van der Waals surface area (Å²) in [6, 6.07) is 7.54. The van der Waals surface area contributed by atoms with Gasteiger partial charge < -0.3 is 14.8 Å². The summed E-state index contributed by atoms with van der Waals surface area (Å²) in [5.74, 6) is 0.908. The maximum atomic E-state index is 12.4. The van der Waals surface area contributed by atoms with E-state index in [9.17, 15) is 9.59 Å². The van der Waals surface area contributed by atoms with Gasteiger partial charge in [-0.1, -0.05) is 37.2 Å². The van der Waals surface area contributed by atoms with Gasteiger partial charge in [-0.05, 0) is 29.9 Å². The van der Waals surface area contributed by atoms with Gasteiger partial charge in [0, 0.05) is 19.4 Å². The molecule has 0 spiro atoms. The number of para-hydroxylation sites is 1. The molecular formula is C19H22N4O3. The molecule has 1 aromatic carbocycles. The fourth-order valence-electron chi connectivity index (χ4n) is 2.64. The molecule has 0 aliphatic carbocycles. The van der Waals surface area contributed by atoms with Crippen LogP contribution in [0.4, 0.5) is 0 Å². The molecule has 1 amide bonds. The Hall–Kier alpha value is -2.96. The van der Waals surface area contributed by atoms with Gasteiger partial charge in [-0.15, -0.1) is 0 Å². The van der Waals surface area contributed by atoms with E-state index in [1.165, 1.54) is 0 Å². The molecule has 0 radical (unpaired) electrons. The van der Waals surface area contributed by atoms with Crippen LogP contribution in [0, 0.1) is 12.8 Å². The van der Waals surface area contributed by atoms with Crippen LogP contribution in [-0.2, 0) is 11.2 Å². The smallest absolute Gasteiger partial charge is 0.259 e. The van der Waals surface area contributed by atoms with Crippen molar-refractivity contribution < 1.29 is 9.32 Å². The number of pyridine rings is 1. The molecule has 3 rings (SSSR count). The standard InChI is InChI=1S/C19H22N4O3/c1-11(2)10-20-15(24)7-8-16-21-18(23-26-16)14-9-13-6-4-5-12(3)17(13)22-19(14)25/h4-6,9,11H,7-8,10H2,1-3H3,(H,20,24)(H,22,25). The van der Waals surface area contributed by atoms with E-state index in [1.807, 2.05) is 39.0 Å². The number of aryl methyl sites for hydroxylation is 2. The number of H-pyrrole nitrogens is 1. The number of hydrogen-bond acceptors (Lipinski definition) is 5. The monoisotopic (exact) mass is 354 g/mol. The minimum Gasteiger partial charge on any atom is -0.356 e. The topological polar surface area (TPSA) is 101 Å². The lowest BCUT2D eigenvalue weighted by Gasteiger charge is -2.06. The van der Waals surface area contributed by atoms with Crippen LogP contribution in [-0.4, -0.2) is 27.6 Å².